The molecule has 2 aromatic rings. The summed E-state index contributed by atoms with van der Waals surface area (Å²) in [6.45, 7) is 0.240. The Bertz CT molecular complexity index is 627. The summed E-state index contributed by atoms with van der Waals surface area (Å²) in [6, 6.07) is 16.9. The molecule has 0 radical (unpaired) electrons. The normalized spacial score (nSPS) is 19.9. The highest BCUT2D eigenvalue weighted by Gasteiger charge is 2.30. The van der Waals surface area contributed by atoms with Crippen LogP contribution in [0.25, 0.3) is 0 Å². The first-order chi connectivity index (χ1) is 10.2. The van der Waals surface area contributed by atoms with Gasteiger partial charge in [0.2, 0.25) is 0 Å². The van der Waals surface area contributed by atoms with Crippen molar-refractivity contribution >= 4 is 6.09 Å². The topological polar surface area (TPSA) is 58.6 Å². The Morgan fingerprint density at radius 2 is 1.76 bits per heavy atom. The first kappa shape index (κ1) is 13.6. The van der Waals surface area contributed by atoms with Gasteiger partial charge in [0, 0.05) is 6.42 Å². The number of carbonyl (C=O) groups excluding carboxylic acids is 1. The Morgan fingerprint density at radius 3 is 2.52 bits per heavy atom. The number of alkyl carbamates (subject to hydrolysis) is 1. The quantitative estimate of drug-likeness (QED) is 0.910. The lowest BCUT2D eigenvalue weighted by molar-refractivity contribution is 0.129. The van der Waals surface area contributed by atoms with Gasteiger partial charge in [-0.15, -0.1) is 0 Å². The maximum atomic E-state index is 11.9. The largest absolute Gasteiger partial charge is 0.445 e. The van der Waals surface area contributed by atoms with Crippen LogP contribution in [0.1, 0.15) is 35.3 Å². The SMILES string of the molecule is O=C(N[C@H]1C[C@@H](O)c2ccccc21)OCc1ccccc1. The van der Waals surface area contributed by atoms with E-state index in [0.717, 1.165) is 16.7 Å². The summed E-state index contributed by atoms with van der Waals surface area (Å²) in [5.74, 6) is 0. The number of benzene rings is 2. The van der Waals surface area contributed by atoms with Crippen molar-refractivity contribution in [2.45, 2.75) is 25.2 Å². The molecule has 0 spiro atoms. The van der Waals surface area contributed by atoms with Gasteiger partial charge in [-0.3, -0.25) is 0 Å². The molecule has 0 aliphatic heterocycles. The molecule has 4 heteroatoms. The minimum atomic E-state index is -0.527. The third-order valence-electron chi connectivity index (χ3n) is 3.69. The van der Waals surface area contributed by atoms with E-state index in [4.69, 9.17) is 4.74 Å². The lowest BCUT2D eigenvalue weighted by Gasteiger charge is -2.14. The smallest absolute Gasteiger partial charge is 0.407 e. The van der Waals surface area contributed by atoms with Gasteiger partial charge in [0.05, 0.1) is 12.1 Å². The van der Waals surface area contributed by atoms with Crippen LogP contribution in [0.4, 0.5) is 4.79 Å². The number of aliphatic hydroxyl groups excluding tert-OH is 1. The van der Waals surface area contributed by atoms with Gasteiger partial charge in [-0.2, -0.15) is 0 Å². The van der Waals surface area contributed by atoms with Gasteiger partial charge in [0.1, 0.15) is 6.61 Å². The predicted molar refractivity (Wildman–Crippen MR) is 78.5 cm³/mol. The highest BCUT2D eigenvalue weighted by molar-refractivity contribution is 5.68. The number of amides is 1. The molecule has 0 fully saturated rings. The molecule has 0 saturated heterocycles. The molecule has 3 rings (SSSR count). The van der Waals surface area contributed by atoms with Gasteiger partial charge in [0.25, 0.3) is 0 Å². The fourth-order valence-corrected chi connectivity index (χ4v) is 2.65. The van der Waals surface area contributed by atoms with Crippen molar-refractivity contribution in [3.8, 4) is 0 Å². The fourth-order valence-electron chi connectivity index (χ4n) is 2.65. The van der Waals surface area contributed by atoms with Gasteiger partial charge < -0.3 is 15.2 Å². The molecule has 0 bridgehead atoms. The highest BCUT2D eigenvalue weighted by Crippen LogP contribution is 2.38. The average molecular weight is 283 g/mol. The summed E-state index contributed by atoms with van der Waals surface area (Å²) in [4.78, 5) is 11.9. The minimum absolute atomic E-state index is 0.195. The molecule has 21 heavy (non-hydrogen) atoms. The molecule has 1 aliphatic carbocycles. The maximum absolute atomic E-state index is 11.9. The molecular weight excluding hydrogens is 266 g/mol. The third-order valence-corrected chi connectivity index (χ3v) is 3.69. The number of ether oxygens (including phenoxy) is 1. The van der Waals surface area contributed by atoms with Gasteiger partial charge in [-0.05, 0) is 16.7 Å². The number of hydrogen-bond donors (Lipinski definition) is 2. The Kier molecular flexibility index (Phi) is 3.88. The summed E-state index contributed by atoms with van der Waals surface area (Å²) in [7, 11) is 0. The lowest BCUT2D eigenvalue weighted by atomic mass is 10.1. The Hall–Kier alpha value is -2.33. The van der Waals surface area contributed by atoms with Crippen molar-refractivity contribution in [3.63, 3.8) is 0 Å². The Labute approximate surface area is 123 Å². The number of hydrogen-bond acceptors (Lipinski definition) is 3. The van der Waals surface area contributed by atoms with Crippen LogP contribution < -0.4 is 5.32 Å². The van der Waals surface area contributed by atoms with E-state index >= 15 is 0 Å². The molecule has 1 aliphatic rings. The van der Waals surface area contributed by atoms with Gasteiger partial charge in [-0.25, -0.2) is 4.79 Å². The highest BCUT2D eigenvalue weighted by atomic mass is 16.5. The summed E-state index contributed by atoms with van der Waals surface area (Å²) in [5.41, 5.74) is 2.78. The van der Waals surface area contributed by atoms with Crippen molar-refractivity contribution in [1.82, 2.24) is 5.32 Å². The number of fused-ring (bicyclic) bond motifs is 1. The van der Waals surface area contributed by atoms with Crippen molar-refractivity contribution < 1.29 is 14.6 Å². The zero-order chi connectivity index (χ0) is 14.7. The van der Waals surface area contributed by atoms with Crippen LogP contribution in [-0.4, -0.2) is 11.2 Å². The molecule has 0 unspecified atom stereocenters. The number of aliphatic hydroxyl groups is 1. The molecule has 1 amide bonds. The van der Waals surface area contributed by atoms with E-state index < -0.39 is 12.2 Å². The second-order valence-corrected chi connectivity index (χ2v) is 5.14. The van der Waals surface area contributed by atoms with Crippen LogP contribution in [0.15, 0.2) is 54.6 Å². The third kappa shape index (κ3) is 3.06. The summed E-state index contributed by atoms with van der Waals surface area (Å²) >= 11 is 0. The van der Waals surface area contributed by atoms with E-state index in [0.29, 0.717) is 6.42 Å². The molecule has 0 aromatic heterocycles. The van der Waals surface area contributed by atoms with E-state index in [9.17, 15) is 9.90 Å². The van der Waals surface area contributed by atoms with Crippen molar-refractivity contribution in [1.29, 1.82) is 0 Å². The maximum Gasteiger partial charge on any atom is 0.407 e. The first-order valence-corrected chi connectivity index (χ1v) is 6.98. The first-order valence-electron chi connectivity index (χ1n) is 6.98. The number of rotatable bonds is 3. The summed E-state index contributed by atoms with van der Waals surface area (Å²) in [6.07, 6.45) is -0.506. The van der Waals surface area contributed by atoms with E-state index in [1.807, 2.05) is 54.6 Å². The predicted octanol–water partition coefficient (Wildman–Crippen LogP) is 3.09. The molecule has 4 nitrogen and oxygen atoms in total. The molecule has 2 N–H and O–H groups in total. The van der Waals surface area contributed by atoms with Crippen molar-refractivity contribution in [2.24, 2.45) is 0 Å². The minimum Gasteiger partial charge on any atom is -0.445 e. The molecular formula is C17H17NO3. The summed E-state index contributed by atoms with van der Waals surface area (Å²) < 4.78 is 5.21. The van der Waals surface area contributed by atoms with Crippen molar-refractivity contribution in [2.75, 3.05) is 0 Å². The van der Waals surface area contributed by atoms with Crippen LogP contribution in [0.3, 0.4) is 0 Å². The molecule has 0 heterocycles. The summed E-state index contributed by atoms with van der Waals surface area (Å²) in [5, 5.41) is 12.8. The molecule has 2 aromatic carbocycles. The van der Waals surface area contributed by atoms with Crippen LogP contribution in [0, 0.1) is 0 Å². The molecule has 2 atom stereocenters. The Balaban J connectivity index is 1.59. The van der Waals surface area contributed by atoms with Gasteiger partial charge in [-0.1, -0.05) is 54.6 Å². The lowest BCUT2D eigenvalue weighted by Crippen LogP contribution is -2.27. The van der Waals surface area contributed by atoms with Crippen LogP contribution in [0.2, 0.25) is 0 Å². The number of carbonyl (C=O) groups is 1. The zero-order valence-electron chi connectivity index (χ0n) is 11.5. The molecule has 108 valence electrons. The zero-order valence-corrected chi connectivity index (χ0v) is 11.5. The number of nitrogens with one attached hydrogen (secondary N) is 1. The molecule has 0 saturated carbocycles. The van der Waals surface area contributed by atoms with E-state index in [1.165, 1.54) is 0 Å². The Morgan fingerprint density at radius 1 is 1.10 bits per heavy atom. The fraction of sp³-hybridized carbons (Fsp3) is 0.235. The van der Waals surface area contributed by atoms with Gasteiger partial charge >= 0.3 is 6.09 Å². The second kappa shape index (κ2) is 5.97. The van der Waals surface area contributed by atoms with Crippen molar-refractivity contribution in [3.05, 3.63) is 71.3 Å². The van der Waals surface area contributed by atoms with Crippen LogP contribution in [-0.2, 0) is 11.3 Å². The van der Waals surface area contributed by atoms with E-state index in [1.54, 1.807) is 0 Å². The van der Waals surface area contributed by atoms with Crippen LogP contribution >= 0.6 is 0 Å². The van der Waals surface area contributed by atoms with E-state index in [-0.39, 0.29) is 12.6 Å². The average Bonchev–Trinajstić information content (AvgIpc) is 2.83. The second-order valence-electron chi connectivity index (χ2n) is 5.14. The van der Waals surface area contributed by atoms with Crippen LogP contribution in [0.5, 0.6) is 0 Å². The van der Waals surface area contributed by atoms with Gasteiger partial charge in [0.15, 0.2) is 0 Å². The standard InChI is InChI=1S/C17H17NO3/c19-16-10-15(13-8-4-5-9-14(13)16)18-17(20)21-11-12-6-2-1-3-7-12/h1-9,15-16,19H,10-11H2,(H,18,20)/t15-,16+/m0/s1. The monoisotopic (exact) mass is 283 g/mol. The van der Waals surface area contributed by atoms with E-state index in [2.05, 4.69) is 5.32 Å².